The Bertz CT molecular complexity index is 1730. The molecule has 0 saturated carbocycles. The van der Waals surface area contributed by atoms with Crippen LogP contribution in [0.25, 0.3) is 16.0 Å². The van der Waals surface area contributed by atoms with E-state index < -0.39 is 17.7 Å². The molecule has 2 aliphatic rings. The van der Waals surface area contributed by atoms with Gasteiger partial charge in [0.15, 0.2) is 28.1 Å². The monoisotopic (exact) mass is 588 g/mol. The highest BCUT2D eigenvalue weighted by Gasteiger charge is 2.48. The van der Waals surface area contributed by atoms with Crippen molar-refractivity contribution >= 4 is 44.1 Å². The van der Waals surface area contributed by atoms with Crippen LogP contribution >= 0.6 is 11.3 Å². The highest BCUT2D eigenvalue weighted by Crippen LogP contribution is 2.46. The first-order valence-electron chi connectivity index (χ1n) is 13.5. The maximum atomic E-state index is 13.7. The van der Waals surface area contributed by atoms with E-state index >= 15 is 0 Å². The summed E-state index contributed by atoms with van der Waals surface area (Å²) in [4.78, 5) is 33.4. The molecule has 3 heterocycles. The number of fused-ring (bicyclic) bond motifs is 2. The summed E-state index contributed by atoms with van der Waals surface area (Å²) in [5.74, 6) is 0.613. The molecule has 2 aliphatic heterocycles. The van der Waals surface area contributed by atoms with Crippen LogP contribution in [0.15, 0.2) is 60.2 Å². The molecular formula is C31H28N2O8S. The van der Waals surface area contributed by atoms with Crippen LogP contribution in [0.1, 0.15) is 31.0 Å². The quantitative estimate of drug-likeness (QED) is 0.162. The zero-order valence-corrected chi connectivity index (χ0v) is 24.0. The van der Waals surface area contributed by atoms with Gasteiger partial charge in [-0.25, -0.2) is 4.98 Å². The number of methoxy groups -OCH3 is 1. The number of rotatable bonds is 8. The van der Waals surface area contributed by atoms with E-state index in [9.17, 15) is 14.7 Å². The van der Waals surface area contributed by atoms with Crippen LogP contribution in [0.5, 0.6) is 28.7 Å². The minimum atomic E-state index is -1.00. The van der Waals surface area contributed by atoms with Crippen LogP contribution in [0.3, 0.4) is 0 Å². The number of amides is 1. The number of Topliss-reactive ketones (excluding diaryl/α,β-unsaturated/α-hetero) is 1. The fourth-order valence-corrected chi connectivity index (χ4v) is 6.07. The van der Waals surface area contributed by atoms with Crippen LogP contribution in [0, 0.1) is 0 Å². The normalized spacial score (nSPS) is 17.5. The Labute approximate surface area is 245 Å². The Morgan fingerprint density at radius 1 is 0.976 bits per heavy atom. The zero-order valence-electron chi connectivity index (χ0n) is 23.2. The summed E-state index contributed by atoms with van der Waals surface area (Å²) in [5.41, 5.74) is 1.41. The summed E-state index contributed by atoms with van der Waals surface area (Å²) in [5, 5.41) is 11.9. The first-order chi connectivity index (χ1) is 20.4. The highest BCUT2D eigenvalue weighted by atomic mass is 32.1. The molecule has 3 aromatic carbocycles. The van der Waals surface area contributed by atoms with Gasteiger partial charge in [-0.15, -0.1) is 0 Å². The molecule has 0 spiro atoms. The van der Waals surface area contributed by atoms with E-state index in [-0.39, 0.29) is 11.3 Å². The second-order valence-electron chi connectivity index (χ2n) is 9.43. The number of aliphatic hydroxyl groups is 1. The number of thiazole rings is 1. The average molecular weight is 589 g/mol. The Kier molecular flexibility index (Phi) is 7.34. The number of carbonyl (C=O) groups is 2. The number of hydrogen-bond acceptors (Lipinski definition) is 10. The third-order valence-corrected chi connectivity index (χ3v) is 7.95. The Balaban J connectivity index is 1.54. The maximum absolute atomic E-state index is 13.7. The van der Waals surface area contributed by atoms with Gasteiger partial charge in [0, 0.05) is 5.56 Å². The van der Waals surface area contributed by atoms with Gasteiger partial charge < -0.3 is 28.8 Å². The number of ether oxygens (including phenoxy) is 5. The van der Waals surface area contributed by atoms with Crippen molar-refractivity contribution < 1.29 is 38.4 Å². The van der Waals surface area contributed by atoms with E-state index in [0.717, 1.165) is 4.70 Å². The van der Waals surface area contributed by atoms with Gasteiger partial charge in [0.05, 0.1) is 42.2 Å². The van der Waals surface area contributed by atoms with Gasteiger partial charge >= 0.3 is 5.91 Å². The highest BCUT2D eigenvalue weighted by molar-refractivity contribution is 7.22. The molecule has 42 heavy (non-hydrogen) atoms. The van der Waals surface area contributed by atoms with Gasteiger partial charge in [-0.3, -0.25) is 14.5 Å². The largest absolute Gasteiger partial charge is 0.507 e. The molecule has 1 atom stereocenters. The molecule has 1 amide bonds. The molecule has 1 unspecified atom stereocenters. The van der Waals surface area contributed by atoms with Gasteiger partial charge in [-0.05, 0) is 67.9 Å². The SMILES string of the molecule is CCOc1ccc(C2C(=C(O)c3ccc4c(c3)OCCO4)C(=O)C(=O)N2c2nc3ccc(OC)cc3s2)cc1OCC. The third kappa shape index (κ3) is 4.75. The first-order valence-corrected chi connectivity index (χ1v) is 14.3. The molecular weight excluding hydrogens is 560 g/mol. The van der Waals surface area contributed by atoms with Crippen LogP contribution in [-0.4, -0.2) is 55.3 Å². The average Bonchev–Trinajstić information content (AvgIpc) is 3.54. The molecule has 0 bridgehead atoms. The number of benzene rings is 3. The number of aromatic nitrogens is 1. The smallest absolute Gasteiger partial charge is 0.301 e. The Morgan fingerprint density at radius 3 is 2.50 bits per heavy atom. The molecule has 1 aromatic heterocycles. The lowest BCUT2D eigenvalue weighted by Gasteiger charge is -2.24. The van der Waals surface area contributed by atoms with Crippen molar-refractivity contribution in [2.45, 2.75) is 19.9 Å². The minimum absolute atomic E-state index is 0.0832. The zero-order chi connectivity index (χ0) is 29.4. The molecule has 0 radical (unpaired) electrons. The number of carbonyl (C=O) groups excluding carboxylic acids is 2. The van der Waals surface area contributed by atoms with Gasteiger partial charge in [0.2, 0.25) is 0 Å². The Hall–Kier alpha value is -4.77. The van der Waals surface area contributed by atoms with Crippen molar-refractivity contribution in [2.24, 2.45) is 0 Å². The number of aliphatic hydroxyl groups excluding tert-OH is 1. The minimum Gasteiger partial charge on any atom is -0.507 e. The van der Waals surface area contributed by atoms with Crippen molar-refractivity contribution in [3.63, 3.8) is 0 Å². The Morgan fingerprint density at radius 2 is 1.74 bits per heavy atom. The fourth-order valence-electron chi connectivity index (χ4n) is 5.05. The van der Waals surface area contributed by atoms with Gasteiger partial charge in [-0.2, -0.15) is 0 Å². The summed E-state index contributed by atoms with van der Waals surface area (Å²) >= 11 is 1.25. The van der Waals surface area contributed by atoms with E-state index in [1.807, 2.05) is 19.9 Å². The predicted molar refractivity (Wildman–Crippen MR) is 157 cm³/mol. The maximum Gasteiger partial charge on any atom is 0.301 e. The topological polar surface area (TPSA) is 117 Å². The van der Waals surface area contributed by atoms with E-state index in [1.165, 1.54) is 16.2 Å². The fraction of sp³-hybridized carbons (Fsp3) is 0.258. The number of anilines is 1. The lowest BCUT2D eigenvalue weighted by molar-refractivity contribution is -0.132. The molecule has 1 N–H and O–H groups in total. The molecule has 216 valence electrons. The second kappa shape index (κ2) is 11.2. The van der Waals surface area contributed by atoms with Crippen molar-refractivity contribution in [2.75, 3.05) is 38.4 Å². The predicted octanol–water partition coefficient (Wildman–Crippen LogP) is 5.50. The van der Waals surface area contributed by atoms with Crippen molar-refractivity contribution in [3.8, 4) is 28.7 Å². The van der Waals surface area contributed by atoms with E-state index in [4.69, 9.17) is 23.7 Å². The van der Waals surface area contributed by atoms with Crippen molar-refractivity contribution in [3.05, 3.63) is 71.3 Å². The number of nitrogens with zero attached hydrogens (tertiary/aromatic N) is 2. The van der Waals surface area contributed by atoms with E-state index in [2.05, 4.69) is 4.98 Å². The summed E-state index contributed by atoms with van der Waals surface area (Å²) in [6.45, 7) is 5.30. The molecule has 11 heteroatoms. The van der Waals surface area contributed by atoms with Gasteiger partial charge in [-0.1, -0.05) is 17.4 Å². The van der Waals surface area contributed by atoms with E-state index in [0.29, 0.717) is 77.0 Å². The molecule has 1 fully saturated rings. The van der Waals surface area contributed by atoms with Crippen molar-refractivity contribution in [1.82, 2.24) is 4.98 Å². The lowest BCUT2D eigenvalue weighted by Crippen LogP contribution is -2.29. The van der Waals surface area contributed by atoms with Crippen molar-refractivity contribution in [1.29, 1.82) is 0 Å². The summed E-state index contributed by atoms with van der Waals surface area (Å²) < 4.78 is 29.0. The molecule has 4 aromatic rings. The summed E-state index contributed by atoms with van der Waals surface area (Å²) in [6, 6.07) is 14.5. The second-order valence-corrected chi connectivity index (χ2v) is 10.4. The lowest BCUT2D eigenvalue weighted by atomic mass is 9.95. The summed E-state index contributed by atoms with van der Waals surface area (Å²) in [6.07, 6.45) is 0. The molecule has 1 saturated heterocycles. The molecule has 6 rings (SSSR count). The number of hydrogen-bond donors (Lipinski definition) is 1. The van der Waals surface area contributed by atoms with Crippen LogP contribution in [0.4, 0.5) is 5.13 Å². The summed E-state index contributed by atoms with van der Waals surface area (Å²) in [7, 11) is 1.57. The van der Waals surface area contributed by atoms with E-state index in [1.54, 1.807) is 55.6 Å². The van der Waals surface area contributed by atoms with Crippen LogP contribution < -0.4 is 28.6 Å². The first kappa shape index (κ1) is 27.4. The van der Waals surface area contributed by atoms with Gasteiger partial charge in [0.25, 0.3) is 5.78 Å². The van der Waals surface area contributed by atoms with Gasteiger partial charge in [0.1, 0.15) is 24.7 Å². The molecule has 10 nitrogen and oxygen atoms in total. The number of ketones is 1. The van der Waals surface area contributed by atoms with Crippen LogP contribution in [0.2, 0.25) is 0 Å². The standard InChI is InChI=1S/C31H28N2O8S/c1-4-38-21-10-6-17(14-23(21)39-5-2)27-26(28(34)18-7-11-22-24(15-18)41-13-12-40-22)29(35)30(36)33(27)31-32-20-9-8-19(37-3)16-25(20)42-31/h6-11,14-16,27,34H,4-5,12-13H2,1-3H3. The third-order valence-electron chi connectivity index (χ3n) is 6.93. The molecule has 0 aliphatic carbocycles. The van der Waals surface area contributed by atoms with Crippen LogP contribution in [-0.2, 0) is 9.59 Å².